The summed E-state index contributed by atoms with van der Waals surface area (Å²) < 4.78 is 0. The summed E-state index contributed by atoms with van der Waals surface area (Å²) in [6.45, 7) is 12.8. The zero-order valence-electron chi connectivity index (χ0n) is 11.5. The molecule has 0 aliphatic carbocycles. The smallest absolute Gasteiger partial charge is 0.0573 e. The average molecular weight is 235 g/mol. The van der Waals surface area contributed by atoms with Crippen LogP contribution in [0.1, 0.15) is 32.0 Å². The number of rotatable bonds is 7. The number of aryl methyl sites for hydroxylation is 1. The van der Waals surface area contributed by atoms with E-state index in [4.69, 9.17) is 0 Å². The summed E-state index contributed by atoms with van der Waals surface area (Å²) in [5.74, 6) is 0. The molecule has 1 rings (SSSR count). The summed E-state index contributed by atoms with van der Waals surface area (Å²) in [4.78, 5) is 6.87. The first kappa shape index (κ1) is 14.1. The second kappa shape index (κ2) is 7.41. The van der Waals surface area contributed by atoms with Gasteiger partial charge in [-0.05, 0) is 25.1 Å². The second-order valence-corrected chi connectivity index (χ2v) is 4.74. The SMILES string of the molecule is CCN(CCNC(C)C)Cc1ncccc1C. The standard InChI is InChI=1S/C14H25N3/c1-5-17(10-9-15-12(2)3)11-14-13(4)7-6-8-16-14/h6-8,12,15H,5,9-11H2,1-4H3. The molecule has 1 aromatic rings. The minimum Gasteiger partial charge on any atom is -0.313 e. The lowest BCUT2D eigenvalue weighted by atomic mass is 10.2. The highest BCUT2D eigenvalue weighted by molar-refractivity contribution is 5.17. The summed E-state index contributed by atoms with van der Waals surface area (Å²) in [5.41, 5.74) is 2.47. The van der Waals surface area contributed by atoms with Crippen LogP contribution in [0.4, 0.5) is 0 Å². The van der Waals surface area contributed by atoms with E-state index in [-0.39, 0.29) is 0 Å². The maximum absolute atomic E-state index is 4.45. The number of hydrogen-bond acceptors (Lipinski definition) is 3. The Morgan fingerprint density at radius 1 is 1.41 bits per heavy atom. The molecule has 0 fully saturated rings. The number of pyridine rings is 1. The zero-order valence-corrected chi connectivity index (χ0v) is 11.5. The molecule has 1 heterocycles. The first-order chi connectivity index (χ1) is 8.13. The predicted molar refractivity (Wildman–Crippen MR) is 73.1 cm³/mol. The summed E-state index contributed by atoms with van der Waals surface area (Å²) >= 11 is 0. The first-order valence-corrected chi connectivity index (χ1v) is 6.49. The van der Waals surface area contributed by atoms with Gasteiger partial charge in [0, 0.05) is 31.9 Å². The fraction of sp³-hybridized carbons (Fsp3) is 0.643. The fourth-order valence-electron chi connectivity index (χ4n) is 1.76. The van der Waals surface area contributed by atoms with E-state index in [0.717, 1.165) is 26.2 Å². The number of likely N-dealkylation sites (N-methyl/N-ethyl adjacent to an activating group) is 1. The number of hydrogen-bond donors (Lipinski definition) is 1. The van der Waals surface area contributed by atoms with Crippen LogP contribution in [0, 0.1) is 6.92 Å². The number of nitrogens with zero attached hydrogens (tertiary/aromatic N) is 2. The van der Waals surface area contributed by atoms with Gasteiger partial charge in [-0.15, -0.1) is 0 Å². The Bertz CT molecular complexity index is 323. The Hall–Kier alpha value is -0.930. The average Bonchev–Trinajstić information content (AvgIpc) is 2.30. The van der Waals surface area contributed by atoms with E-state index in [1.54, 1.807) is 0 Å². The van der Waals surface area contributed by atoms with E-state index in [2.05, 4.69) is 49.0 Å². The Balaban J connectivity index is 2.44. The topological polar surface area (TPSA) is 28.2 Å². The van der Waals surface area contributed by atoms with Gasteiger partial charge in [0.25, 0.3) is 0 Å². The van der Waals surface area contributed by atoms with Crippen molar-refractivity contribution in [2.45, 2.75) is 40.3 Å². The quantitative estimate of drug-likeness (QED) is 0.785. The monoisotopic (exact) mass is 235 g/mol. The molecule has 17 heavy (non-hydrogen) atoms. The van der Waals surface area contributed by atoms with Gasteiger partial charge in [-0.3, -0.25) is 9.88 Å². The van der Waals surface area contributed by atoms with Gasteiger partial charge in [0.1, 0.15) is 0 Å². The van der Waals surface area contributed by atoms with Crippen LogP contribution in [0.25, 0.3) is 0 Å². The van der Waals surface area contributed by atoms with Gasteiger partial charge in [0.2, 0.25) is 0 Å². The third-order valence-electron chi connectivity index (χ3n) is 2.92. The van der Waals surface area contributed by atoms with E-state index < -0.39 is 0 Å². The molecule has 0 unspecified atom stereocenters. The molecule has 0 spiro atoms. The van der Waals surface area contributed by atoms with Crippen LogP contribution in [-0.2, 0) is 6.54 Å². The van der Waals surface area contributed by atoms with Crippen molar-refractivity contribution >= 4 is 0 Å². The van der Waals surface area contributed by atoms with Crippen molar-refractivity contribution < 1.29 is 0 Å². The van der Waals surface area contributed by atoms with Gasteiger partial charge in [0.05, 0.1) is 5.69 Å². The summed E-state index contributed by atoms with van der Waals surface area (Å²) in [5, 5.41) is 3.45. The van der Waals surface area contributed by atoms with Crippen molar-refractivity contribution in [3.05, 3.63) is 29.6 Å². The number of aromatic nitrogens is 1. The molecular formula is C14H25N3. The Kier molecular flexibility index (Phi) is 6.16. The predicted octanol–water partition coefficient (Wildman–Crippen LogP) is 2.21. The minimum absolute atomic E-state index is 0.560. The molecule has 0 radical (unpaired) electrons. The zero-order chi connectivity index (χ0) is 12.7. The molecule has 0 aromatic carbocycles. The number of nitrogens with one attached hydrogen (secondary N) is 1. The normalized spacial score (nSPS) is 11.4. The first-order valence-electron chi connectivity index (χ1n) is 6.49. The van der Waals surface area contributed by atoms with Crippen LogP contribution in [0.3, 0.4) is 0 Å². The summed E-state index contributed by atoms with van der Waals surface area (Å²) in [6, 6.07) is 4.68. The van der Waals surface area contributed by atoms with Crippen molar-refractivity contribution in [2.24, 2.45) is 0 Å². The molecule has 1 aromatic heterocycles. The van der Waals surface area contributed by atoms with E-state index in [1.165, 1.54) is 11.3 Å². The van der Waals surface area contributed by atoms with Gasteiger partial charge >= 0.3 is 0 Å². The molecule has 1 N–H and O–H groups in total. The fourth-order valence-corrected chi connectivity index (χ4v) is 1.76. The van der Waals surface area contributed by atoms with E-state index in [0.29, 0.717) is 6.04 Å². The second-order valence-electron chi connectivity index (χ2n) is 4.74. The highest BCUT2D eigenvalue weighted by atomic mass is 15.1. The summed E-state index contributed by atoms with van der Waals surface area (Å²) in [7, 11) is 0. The van der Waals surface area contributed by atoms with E-state index in [1.807, 2.05) is 12.3 Å². The molecule has 0 saturated heterocycles. The van der Waals surface area contributed by atoms with Crippen molar-refractivity contribution in [1.29, 1.82) is 0 Å². The third-order valence-corrected chi connectivity index (χ3v) is 2.92. The molecule has 3 heteroatoms. The molecule has 0 amide bonds. The lowest BCUT2D eigenvalue weighted by molar-refractivity contribution is 0.272. The lowest BCUT2D eigenvalue weighted by Crippen LogP contribution is -2.34. The van der Waals surface area contributed by atoms with Crippen LogP contribution >= 0.6 is 0 Å². The molecule has 0 aliphatic heterocycles. The van der Waals surface area contributed by atoms with Gasteiger partial charge in [0.15, 0.2) is 0 Å². The molecule has 96 valence electrons. The Labute approximate surface area is 105 Å². The van der Waals surface area contributed by atoms with Crippen LogP contribution < -0.4 is 5.32 Å². The van der Waals surface area contributed by atoms with Crippen molar-refractivity contribution in [1.82, 2.24) is 15.2 Å². The van der Waals surface area contributed by atoms with Gasteiger partial charge in [-0.25, -0.2) is 0 Å². The molecule has 0 bridgehead atoms. The largest absolute Gasteiger partial charge is 0.313 e. The summed E-state index contributed by atoms with van der Waals surface area (Å²) in [6.07, 6.45) is 1.88. The molecular weight excluding hydrogens is 210 g/mol. The molecule has 0 aliphatic rings. The Morgan fingerprint density at radius 3 is 2.76 bits per heavy atom. The van der Waals surface area contributed by atoms with Crippen LogP contribution in [0.15, 0.2) is 18.3 Å². The third kappa shape index (κ3) is 5.29. The molecule has 0 saturated carbocycles. The van der Waals surface area contributed by atoms with Gasteiger partial charge < -0.3 is 5.32 Å². The van der Waals surface area contributed by atoms with E-state index >= 15 is 0 Å². The maximum atomic E-state index is 4.45. The highest BCUT2D eigenvalue weighted by Crippen LogP contribution is 2.06. The van der Waals surface area contributed by atoms with Gasteiger partial charge in [-0.2, -0.15) is 0 Å². The Morgan fingerprint density at radius 2 is 2.18 bits per heavy atom. The molecule has 0 atom stereocenters. The van der Waals surface area contributed by atoms with Crippen molar-refractivity contribution in [3.8, 4) is 0 Å². The van der Waals surface area contributed by atoms with Crippen LogP contribution in [0.2, 0.25) is 0 Å². The molecule has 3 nitrogen and oxygen atoms in total. The minimum atomic E-state index is 0.560. The van der Waals surface area contributed by atoms with E-state index in [9.17, 15) is 0 Å². The van der Waals surface area contributed by atoms with Crippen molar-refractivity contribution in [3.63, 3.8) is 0 Å². The van der Waals surface area contributed by atoms with Crippen molar-refractivity contribution in [2.75, 3.05) is 19.6 Å². The van der Waals surface area contributed by atoms with Crippen LogP contribution in [0.5, 0.6) is 0 Å². The lowest BCUT2D eigenvalue weighted by Gasteiger charge is -2.21. The maximum Gasteiger partial charge on any atom is 0.0573 e. The van der Waals surface area contributed by atoms with Gasteiger partial charge in [-0.1, -0.05) is 26.8 Å². The van der Waals surface area contributed by atoms with Crippen LogP contribution in [-0.4, -0.2) is 35.6 Å². The highest BCUT2D eigenvalue weighted by Gasteiger charge is 2.06.